The Balaban J connectivity index is 2.23. The summed E-state index contributed by atoms with van der Waals surface area (Å²) in [5.41, 5.74) is 6.31. The Labute approximate surface area is 117 Å². The quantitative estimate of drug-likeness (QED) is 0.815. The fourth-order valence-corrected chi connectivity index (χ4v) is 3.44. The third-order valence-electron chi connectivity index (χ3n) is 2.90. The third-order valence-corrected chi connectivity index (χ3v) is 4.83. The highest BCUT2D eigenvalue weighted by Crippen LogP contribution is 2.20. The van der Waals surface area contributed by atoms with E-state index in [2.05, 4.69) is 5.32 Å². The number of nitrogens with one attached hydrogen (secondary N) is 1. The summed E-state index contributed by atoms with van der Waals surface area (Å²) in [6, 6.07) is 5.98. The molecule has 1 aromatic carbocycles. The highest BCUT2D eigenvalue weighted by atomic mass is 32.2. The Hall–Kier alpha value is -1.48. The monoisotopic (exact) mass is 299 g/mol. The minimum Gasteiger partial charge on any atom is -0.377 e. The summed E-state index contributed by atoms with van der Waals surface area (Å²) in [6.45, 7) is 2.13. The smallest absolute Gasteiger partial charge is 0.244 e. The molecule has 3 N–H and O–H groups in total. The molecule has 0 radical (unpaired) electrons. The van der Waals surface area contributed by atoms with Gasteiger partial charge in [-0.2, -0.15) is 4.31 Å². The van der Waals surface area contributed by atoms with Crippen LogP contribution in [0, 0.1) is 0 Å². The Kier molecular flexibility index (Phi) is 4.39. The van der Waals surface area contributed by atoms with Gasteiger partial charge in [-0.3, -0.25) is 4.79 Å². The van der Waals surface area contributed by atoms with Crippen molar-refractivity contribution in [2.24, 2.45) is 5.73 Å². The summed E-state index contributed by atoms with van der Waals surface area (Å²) < 4.78 is 31.2. The predicted molar refractivity (Wildman–Crippen MR) is 73.4 cm³/mol. The number of carbonyl (C=O) groups excluding carboxylic acids is 1. The lowest BCUT2D eigenvalue weighted by molar-refractivity contribution is -0.114. The van der Waals surface area contributed by atoms with Crippen molar-refractivity contribution in [3.8, 4) is 0 Å². The van der Waals surface area contributed by atoms with Gasteiger partial charge in [0, 0.05) is 19.2 Å². The van der Waals surface area contributed by atoms with Gasteiger partial charge in [0.2, 0.25) is 15.9 Å². The molecule has 1 heterocycles. The van der Waals surface area contributed by atoms with Crippen LogP contribution in [0.2, 0.25) is 0 Å². The van der Waals surface area contributed by atoms with E-state index in [9.17, 15) is 13.2 Å². The highest BCUT2D eigenvalue weighted by molar-refractivity contribution is 7.89. The molecule has 0 spiro atoms. The van der Waals surface area contributed by atoms with Crippen LogP contribution in [-0.2, 0) is 19.6 Å². The van der Waals surface area contributed by atoms with Crippen molar-refractivity contribution in [1.29, 1.82) is 0 Å². The standard InChI is InChI=1S/C12H17N3O4S/c1-9(16)14-10-2-4-11(5-3-10)20(17,18)15-6-7-19-8-12(15)13/h2-5,12H,6-8,13H2,1H3,(H,14,16). The average Bonchev–Trinajstić information content (AvgIpc) is 2.39. The van der Waals surface area contributed by atoms with E-state index in [0.717, 1.165) is 0 Å². The molecule has 1 aromatic rings. The summed E-state index contributed by atoms with van der Waals surface area (Å²) in [5, 5.41) is 2.58. The van der Waals surface area contributed by atoms with Gasteiger partial charge in [-0.1, -0.05) is 0 Å². The van der Waals surface area contributed by atoms with Gasteiger partial charge >= 0.3 is 0 Å². The van der Waals surface area contributed by atoms with Crippen molar-refractivity contribution >= 4 is 21.6 Å². The molecule has 1 fully saturated rings. The second kappa shape index (κ2) is 5.88. The molecule has 7 nitrogen and oxygen atoms in total. The van der Waals surface area contributed by atoms with Crippen LogP contribution in [0.4, 0.5) is 5.69 Å². The molecule has 1 saturated heterocycles. The van der Waals surface area contributed by atoms with Gasteiger partial charge in [0.05, 0.1) is 24.3 Å². The molecular weight excluding hydrogens is 282 g/mol. The molecule has 1 atom stereocenters. The number of nitrogens with two attached hydrogens (primary N) is 1. The van der Waals surface area contributed by atoms with E-state index in [0.29, 0.717) is 12.3 Å². The zero-order valence-corrected chi connectivity index (χ0v) is 11.9. The Morgan fingerprint density at radius 1 is 1.40 bits per heavy atom. The lowest BCUT2D eigenvalue weighted by Crippen LogP contribution is -2.53. The number of ether oxygens (including phenoxy) is 1. The maximum absolute atomic E-state index is 12.4. The van der Waals surface area contributed by atoms with Crippen LogP contribution in [0.1, 0.15) is 6.92 Å². The SMILES string of the molecule is CC(=O)Nc1ccc(S(=O)(=O)N2CCOCC2N)cc1. The zero-order chi connectivity index (χ0) is 14.8. The first-order valence-electron chi connectivity index (χ1n) is 6.14. The van der Waals surface area contributed by atoms with Crippen molar-refractivity contribution in [3.05, 3.63) is 24.3 Å². The summed E-state index contributed by atoms with van der Waals surface area (Å²) in [5.74, 6) is -0.212. The minimum atomic E-state index is -3.64. The Bertz CT molecular complexity index is 585. The normalized spacial score (nSPS) is 20.6. The number of hydrogen-bond acceptors (Lipinski definition) is 5. The lowest BCUT2D eigenvalue weighted by atomic mass is 10.3. The number of benzene rings is 1. The molecular formula is C12H17N3O4S. The van der Waals surface area contributed by atoms with Crippen LogP contribution in [0.25, 0.3) is 0 Å². The van der Waals surface area contributed by atoms with Crippen molar-refractivity contribution in [2.75, 3.05) is 25.1 Å². The number of sulfonamides is 1. The number of nitrogens with zero attached hydrogens (tertiary/aromatic N) is 1. The number of morpholine rings is 1. The molecule has 1 unspecified atom stereocenters. The molecule has 0 aromatic heterocycles. The van der Waals surface area contributed by atoms with Crippen LogP contribution in [0.15, 0.2) is 29.2 Å². The van der Waals surface area contributed by atoms with Gasteiger partial charge in [0.25, 0.3) is 0 Å². The summed E-state index contributed by atoms with van der Waals surface area (Å²) in [7, 11) is -3.64. The van der Waals surface area contributed by atoms with Crippen LogP contribution < -0.4 is 11.1 Å². The summed E-state index contributed by atoms with van der Waals surface area (Å²) >= 11 is 0. The van der Waals surface area contributed by atoms with E-state index < -0.39 is 16.2 Å². The van der Waals surface area contributed by atoms with Gasteiger partial charge in [0.15, 0.2) is 0 Å². The first-order chi connectivity index (χ1) is 9.41. The van der Waals surface area contributed by atoms with Crippen molar-refractivity contribution in [2.45, 2.75) is 18.0 Å². The van der Waals surface area contributed by atoms with Crippen LogP contribution in [-0.4, -0.2) is 44.6 Å². The van der Waals surface area contributed by atoms with Gasteiger partial charge in [0.1, 0.15) is 0 Å². The van der Waals surface area contributed by atoms with Gasteiger partial charge in [-0.05, 0) is 24.3 Å². The van der Waals surface area contributed by atoms with Crippen molar-refractivity contribution in [1.82, 2.24) is 4.31 Å². The van der Waals surface area contributed by atoms with E-state index in [1.54, 1.807) is 12.1 Å². The van der Waals surface area contributed by atoms with Crippen LogP contribution in [0.5, 0.6) is 0 Å². The second-order valence-electron chi connectivity index (χ2n) is 4.46. The van der Waals surface area contributed by atoms with E-state index >= 15 is 0 Å². The summed E-state index contributed by atoms with van der Waals surface area (Å²) in [4.78, 5) is 11.1. The predicted octanol–water partition coefficient (Wildman–Crippen LogP) is -0.0493. The molecule has 1 aliphatic rings. The van der Waals surface area contributed by atoms with Gasteiger partial charge in [-0.25, -0.2) is 8.42 Å². The van der Waals surface area contributed by atoms with E-state index in [4.69, 9.17) is 10.5 Å². The zero-order valence-electron chi connectivity index (χ0n) is 11.1. The first-order valence-corrected chi connectivity index (χ1v) is 7.58. The van der Waals surface area contributed by atoms with Gasteiger partial charge < -0.3 is 15.8 Å². The molecule has 2 rings (SSSR count). The Morgan fingerprint density at radius 2 is 2.05 bits per heavy atom. The maximum atomic E-state index is 12.4. The number of amides is 1. The third kappa shape index (κ3) is 3.15. The minimum absolute atomic E-state index is 0.143. The molecule has 1 amide bonds. The van der Waals surface area contributed by atoms with Gasteiger partial charge in [-0.15, -0.1) is 0 Å². The molecule has 8 heteroatoms. The number of rotatable bonds is 3. The van der Waals surface area contributed by atoms with Crippen molar-refractivity contribution in [3.63, 3.8) is 0 Å². The van der Waals surface area contributed by atoms with E-state index in [1.165, 1.54) is 23.4 Å². The number of carbonyl (C=O) groups is 1. The molecule has 20 heavy (non-hydrogen) atoms. The molecule has 110 valence electrons. The van der Waals surface area contributed by atoms with E-state index in [1.807, 2.05) is 0 Å². The van der Waals surface area contributed by atoms with E-state index in [-0.39, 0.29) is 24.0 Å². The highest BCUT2D eigenvalue weighted by Gasteiger charge is 2.31. The summed E-state index contributed by atoms with van der Waals surface area (Å²) in [6.07, 6.45) is -0.677. The topological polar surface area (TPSA) is 102 Å². The molecule has 0 saturated carbocycles. The molecule has 1 aliphatic heterocycles. The molecule has 0 bridgehead atoms. The second-order valence-corrected chi connectivity index (χ2v) is 6.35. The van der Waals surface area contributed by atoms with Crippen LogP contribution >= 0.6 is 0 Å². The van der Waals surface area contributed by atoms with Crippen LogP contribution in [0.3, 0.4) is 0 Å². The van der Waals surface area contributed by atoms with Crippen molar-refractivity contribution < 1.29 is 17.9 Å². The number of anilines is 1. The first kappa shape index (κ1) is 14.9. The maximum Gasteiger partial charge on any atom is 0.244 e. The molecule has 0 aliphatic carbocycles. The Morgan fingerprint density at radius 3 is 2.60 bits per heavy atom. The lowest BCUT2D eigenvalue weighted by Gasteiger charge is -2.31. The number of hydrogen-bond donors (Lipinski definition) is 2. The fourth-order valence-electron chi connectivity index (χ4n) is 1.95. The largest absolute Gasteiger partial charge is 0.377 e. The fraction of sp³-hybridized carbons (Fsp3) is 0.417. The average molecular weight is 299 g/mol.